The molecule has 4 heteroatoms. The lowest BCUT2D eigenvalue weighted by atomic mass is 9.96. The van der Waals surface area contributed by atoms with Gasteiger partial charge in [0.05, 0.1) is 6.10 Å². The third kappa shape index (κ3) is 5.03. The van der Waals surface area contributed by atoms with E-state index in [2.05, 4.69) is 33.9 Å². The van der Waals surface area contributed by atoms with Crippen LogP contribution in [0, 0.1) is 0 Å². The fourth-order valence-corrected chi connectivity index (χ4v) is 4.43. The topological polar surface area (TPSA) is 46.5 Å². The monoisotopic (exact) mass is 372 g/mol. The molecule has 3 nitrogen and oxygen atoms in total. The lowest BCUT2D eigenvalue weighted by Crippen LogP contribution is -2.43. The smallest absolute Gasteiger partial charge is 0.192 e. The quantitative estimate of drug-likeness (QED) is 0.640. The van der Waals surface area contributed by atoms with Gasteiger partial charge in [-0.15, -0.1) is 0 Å². The number of ketones is 1. The predicted molar refractivity (Wildman–Crippen MR) is 111 cm³/mol. The lowest BCUT2D eigenvalue weighted by molar-refractivity contribution is -0.122. The second-order valence-corrected chi connectivity index (χ2v) is 13.5. The van der Waals surface area contributed by atoms with Crippen LogP contribution in [0.1, 0.15) is 52.2 Å². The van der Waals surface area contributed by atoms with Crippen molar-refractivity contribution in [2.45, 2.75) is 70.9 Å². The molecule has 0 bridgehead atoms. The van der Waals surface area contributed by atoms with Gasteiger partial charge in [0.2, 0.25) is 0 Å². The van der Waals surface area contributed by atoms with Gasteiger partial charge in [0.25, 0.3) is 0 Å². The molecule has 2 atom stereocenters. The van der Waals surface area contributed by atoms with Crippen molar-refractivity contribution in [2.75, 3.05) is 0 Å². The number of hydrogen-bond acceptors (Lipinski definition) is 3. The first-order valence-corrected chi connectivity index (χ1v) is 12.3. The highest BCUT2D eigenvalue weighted by atomic mass is 28.4. The van der Waals surface area contributed by atoms with E-state index in [4.69, 9.17) is 4.43 Å². The first-order valence-electron chi connectivity index (χ1n) is 9.36. The third-order valence-corrected chi connectivity index (χ3v) is 10.0. The fourth-order valence-electron chi connectivity index (χ4n) is 2.99. The molecule has 0 amide bonds. The Morgan fingerprint density at radius 2 is 1.69 bits per heavy atom. The minimum Gasteiger partial charge on any atom is -0.414 e. The predicted octanol–water partition coefficient (Wildman–Crippen LogP) is 5.63. The Hall–Kier alpha value is -1.49. The summed E-state index contributed by atoms with van der Waals surface area (Å²) in [6.45, 7) is 12.9. The van der Waals surface area contributed by atoms with Gasteiger partial charge in [-0.05, 0) is 41.4 Å². The van der Waals surface area contributed by atoms with Crippen molar-refractivity contribution >= 4 is 24.9 Å². The van der Waals surface area contributed by atoms with E-state index >= 15 is 0 Å². The highest BCUT2D eigenvalue weighted by Crippen LogP contribution is 2.37. The number of hydrogen-bond donors (Lipinski definition) is 1. The highest BCUT2D eigenvalue weighted by Gasteiger charge is 2.38. The molecule has 0 aromatic heterocycles. The van der Waals surface area contributed by atoms with Gasteiger partial charge < -0.3 is 9.53 Å². The largest absolute Gasteiger partial charge is 0.414 e. The third-order valence-electron chi connectivity index (χ3n) is 5.42. The average Bonchev–Trinajstić information content (AvgIpc) is 2.52. The number of rotatable bonds is 7. The number of carbonyl (C=O) groups excluding carboxylic acids is 1. The Labute approximate surface area is 158 Å². The van der Waals surface area contributed by atoms with Crippen molar-refractivity contribution in [1.82, 2.24) is 0 Å². The van der Waals surface area contributed by atoms with E-state index in [-0.39, 0.29) is 23.3 Å². The standard InChI is InChI=1S/C22H32O3Si/c1-16(25-26(5,6)22(2,3)4)14-18(23)15-21(24)20-13-9-11-17-10-7-8-12-19(17)20/h7-13,16,21,24H,14-15H2,1-6H3/t16-,21-/m0/s1. The maximum atomic E-state index is 12.5. The summed E-state index contributed by atoms with van der Waals surface area (Å²) >= 11 is 0. The molecule has 0 saturated carbocycles. The van der Waals surface area contributed by atoms with Gasteiger partial charge in [-0.25, -0.2) is 0 Å². The SMILES string of the molecule is C[C@@H](CC(=O)C[C@H](O)c1cccc2ccccc12)O[Si](C)(C)C(C)(C)C. The molecule has 0 aliphatic heterocycles. The van der Waals surface area contributed by atoms with E-state index in [1.165, 1.54) is 0 Å². The summed E-state index contributed by atoms with van der Waals surface area (Å²) in [5, 5.41) is 12.8. The van der Waals surface area contributed by atoms with Crippen molar-refractivity contribution < 1.29 is 14.3 Å². The van der Waals surface area contributed by atoms with Gasteiger partial charge in [0, 0.05) is 18.9 Å². The number of benzene rings is 2. The van der Waals surface area contributed by atoms with Crippen LogP contribution in [-0.4, -0.2) is 25.3 Å². The Morgan fingerprint density at radius 1 is 1.08 bits per heavy atom. The maximum Gasteiger partial charge on any atom is 0.192 e. The summed E-state index contributed by atoms with van der Waals surface area (Å²) in [4.78, 5) is 12.5. The van der Waals surface area contributed by atoms with Gasteiger partial charge in [0.1, 0.15) is 5.78 Å². The Kier molecular flexibility index (Phi) is 6.43. The highest BCUT2D eigenvalue weighted by molar-refractivity contribution is 6.74. The molecule has 2 aromatic carbocycles. The molecular weight excluding hydrogens is 340 g/mol. The van der Waals surface area contributed by atoms with Crippen LogP contribution in [0.25, 0.3) is 10.8 Å². The molecule has 0 radical (unpaired) electrons. The van der Waals surface area contributed by atoms with Gasteiger partial charge in [0.15, 0.2) is 8.32 Å². The summed E-state index contributed by atoms with van der Waals surface area (Å²) in [5.41, 5.74) is 0.814. The fraction of sp³-hybridized carbons (Fsp3) is 0.500. The molecule has 0 aliphatic carbocycles. The Morgan fingerprint density at radius 3 is 2.35 bits per heavy atom. The van der Waals surface area contributed by atoms with Crippen LogP contribution in [0.3, 0.4) is 0 Å². The summed E-state index contributed by atoms with van der Waals surface area (Å²) in [6.07, 6.45) is -0.440. The Balaban J connectivity index is 2.01. The molecule has 142 valence electrons. The second kappa shape index (κ2) is 8.03. The van der Waals surface area contributed by atoms with Crippen LogP contribution in [0.2, 0.25) is 18.1 Å². The van der Waals surface area contributed by atoms with E-state index in [0.29, 0.717) is 6.42 Å². The summed E-state index contributed by atoms with van der Waals surface area (Å²) in [6, 6.07) is 13.8. The zero-order valence-corrected chi connectivity index (χ0v) is 17.9. The van der Waals surface area contributed by atoms with E-state index in [9.17, 15) is 9.90 Å². The summed E-state index contributed by atoms with van der Waals surface area (Å²) < 4.78 is 6.27. The maximum absolute atomic E-state index is 12.5. The average molecular weight is 373 g/mol. The zero-order chi connectivity index (χ0) is 19.5. The van der Waals surface area contributed by atoms with Gasteiger partial charge in [-0.1, -0.05) is 63.2 Å². The van der Waals surface area contributed by atoms with Crippen molar-refractivity contribution in [3.05, 3.63) is 48.0 Å². The minimum absolute atomic E-state index is 0.0386. The van der Waals surface area contributed by atoms with Gasteiger partial charge in [-0.3, -0.25) is 4.79 Å². The molecule has 26 heavy (non-hydrogen) atoms. The number of aliphatic hydroxyl groups is 1. The molecule has 0 fully saturated rings. The molecule has 2 aromatic rings. The van der Waals surface area contributed by atoms with Gasteiger partial charge >= 0.3 is 0 Å². The van der Waals surface area contributed by atoms with Crippen LogP contribution in [0.5, 0.6) is 0 Å². The van der Waals surface area contributed by atoms with Crippen molar-refractivity contribution in [3.8, 4) is 0 Å². The zero-order valence-electron chi connectivity index (χ0n) is 16.9. The van der Waals surface area contributed by atoms with Crippen molar-refractivity contribution in [1.29, 1.82) is 0 Å². The molecule has 0 spiro atoms. The van der Waals surface area contributed by atoms with Crippen molar-refractivity contribution in [2.24, 2.45) is 0 Å². The first-order chi connectivity index (χ1) is 12.0. The molecule has 0 saturated heterocycles. The molecule has 0 aliphatic rings. The normalized spacial score (nSPS) is 15.0. The Bertz CT molecular complexity index is 756. The molecule has 2 rings (SSSR count). The molecular formula is C22H32O3Si. The van der Waals surface area contributed by atoms with Crippen LogP contribution >= 0.6 is 0 Å². The van der Waals surface area contributed by atoms with E-state index < -0.39 is 14.4 Å². The lowest BCUT2D eigenvalue weighted by Gasteiger charge is -2.38. The first kappa shape index (κ1) is 20.8. The second-order valence-electron chi connectivity index (χ2n) is 8.72. The van der Waals surface area contributed by atoms with E-state index in [0.717, 1.165) is 16.3 Å². The van der Waals surface area contributed by atoms with Crippen molar-refractivity contribution in [3.63, 3.8) is 0 Å². The van der Waals surface area contributed by atoms with Crippen LogP contribution in [-0.2, 0) is 9.22 Å². The van der Waals surface area contributed by atoms with Crippen LogP contribution in [0.15, 0.2) is 42.5 Å². The molecule has 0 heterocycles. The molecule has 1 N–H and O–H groups in total. The van der Waals surface area contributed by atoms with E-state index in [1.807, 2.05) is 49.4 Å². The van der Waals surface area contributed by atoms with Crippen LogP contribution in [0.4, 0.5) is 0 Å². The van der Waals surface area contributed by atoms with Crippen LogP contribution < -0.4 is 0 Å². The summed E-state index contributed by atoms with van der Waals surface area (Å²) in [5.74, 6) is 0.0386. The number of carbonyl (C=O) groups is 1. The van der Waals surface area contributed by atoms with Gasteiger partial charge in [-0.2, -0.15) is 0 Å². The molecule has 0 unspecified atom stereocenters. The number of Topliss-reactive ketones (excluding diaryl/α,β-unsaturated/α-hetero) is 1. The van der Waals surface area contributed by atoms with E-state index in [1.54, 1.807) is 0 Å². The minimum atomic E-state index is -1.89. The number of aliphatic hydroxyl groups excluding tert-OH is 1. The summed E-state index contributed by atoms with van der Waals surface area (Å²) in [7, 11) is -1.89. The number of fused-ring (bicyclic) bond motifs is 1.